The number of thiophene rings is 1. The largest absolute Gasteiger partial charge is 0.293 e. The quantitative estimate of drug-likeness (QED) is 0.218. The predicted octanol–water partition coefficient (Wildman–Crippen LogP) is 6.70. The van der Waals surface area contributed by atoms with Crippen molar-refractivity contribution < 1.29 is 14.5 Å². The van der Waals surface area contributed by atoms with Crippen molar-refractivity contribution in [2.24, 2.45) is 0 Å². The van der Waals surface area contributed by atoms with Crippen molar-refractivity contribution in [1.29, 1.82) is 0 Å². The summed E-state index contributed by atoms with van der Waals surface area (Å²) in [6.45, 7) is 0.0715. The highest BCUT2D eigenvalue weighted by Gasteiger charge is 2.35. The fourth-order valence-electron chi connectivity index (χ4n) is 2.76. The number of imide groups is 1. The van der Waals surface area contributed by atoms with Crippen LogP contribution in [0.3, 0.4) is 0 Å². The van der Waals surface area contributed by atoms with Gasteiger partial charge in [-0.25, -0.2) is 0 Å². The average molecular weight is 489 g/mol. The SMILES string of the molecule is O=C1S/C(=C\c2ccc(Sc3ccc(Cl)cc3)s2)C(=O)N1Cc1ccc([N+](=O)[O-])cc1. The van der Waals surface area contributed by atoms with Crippen LogP contribution in [0.5, 0.6) is 0 Å². The molecule has 156 valence electrons. The van der Waals surface area contributed by atoms with Crippen LogP contribution in [-0.2, 0) is 11.3 Å². The van der Waals surface area contributed by atoms with E-state index in [0.29, 0.717) is 15.5 Å². The number of thioether (sulfide) groups is 1. The summed E-state index contributed by atoms with van der Waals surface area (Å²) in [6, 6.07) is 17.2. The normalized spacial score (nSPS) is 15.1. The second kappa shape index (κ2) is 9.27. The molecule has 4 rings (SSSR count). The molecule has 2 amide bonds. The van der Waals surface area contributed by atoms with Crippen molar-refractivity contribution in [1.82, 2.24) is 4.90 Å². The van der Waals surface area contributed by atoms with Crippen molar-refractivity contribution in [2.75, 3.05) is 0 Å². The topological polar surface area (TPSA) is 80.5 Å². The number of carbonyl (C=O) groups excluding carboxylic acids is 2. The minimum absolute atomic E-state index is 0.0391. The maximum atomic E-state index is 12.7. The molecule has 0 radical (unpaired) electrons. The van der Waals surface area contributed by atoms with Crippen LogP contribution in [0.1, 0.15) is 10.4 Å². The van der Waals surface area contributed by atoms with E-state index in [0.717, 1.165) is 30.6 Å². The lowest BCUT2D eigenvalue weighted by Crippen LogP contribution is -2.27. The highest BCUT2D eigenvalue weighted by Crippen LogP contribution is 2.38. The number of nitro benzene ring substituents is 1. The molecule has 0 bridgehead atoms. The molecule has 2 aromatic carbocycles. The molecule has 10 heteroatoms. The van der Waals surface area contributed by atoms with Gasteiger partial charge in [0.05, 0.1) is 20.6 Å². The van der Waals surface area contributed by atoms with E-state index in [-0.39, 0.29) is 23.4 Å². The van der Waals surface area contributed by atoms with Gasteiger partial charge in [-0.3, -0.25) is 24.6 Å². The Kier molecular flexibility index (Phi) is 6.47. The molecule has 0 spiro atoms. The van der Waals surface area contributed by atoms with Crippen molar-refractivity contribution in [2.45, 2.75) is 15.6 Å². The molecule has 0 N–H and O–H groups in total. The maximum Gasteiger partial charge on any atom is 0.293 e. The number of nitro groups is 1. The van der Waals surface area contributed by atoms with Gasteiger partial charge in [0.15, 0.2) is 0 Å². The first kappa shape index (κ1) is 21.6. The summed E-state index contributed by atoms with van der Waals surface area (Å²) in [5.41, 5.74) is 0.606. The smallest absolute Gasteiger partial charge is 0.268 e. The van der Waals surface area contributed by atoms with Gasteiger partial charge in [0.2, 0.25) is 0 Å². The summed E-state index contributed by atoms with van der Waals surface area (Å²) in [5, 5.41) is 11.1. The third-order valence-corrected chi connectivity index (χ3v) is 7.60. The van der Waals surface area contributed by atoms with E-state index in [1.807, 2.05) is 36.4 Å². The van der Waals surface area contributed by atoms with E-state index in [1.165, 1.54) is 23.5 Å². The number of non-ortho nitro benzene ring substituents is 1. The van der Waals surface area contributed by atoms with Crippen LogP contribution in [0, 0.1) is 10.1 Å². The maximum absolute atomic E-state index is 12.7. The van der Waals surface area contributed by atoms with Crippen LogP contribution in [0.25, 0.3) is 6.08 Å². The van der Waals surface area contributed by atoms with Gasteiger partial charge >= 0.3 is 0 Å². The Bertz CT molecular complexity index is 1190. The first-order valence-corrected chi connectivity index (χ1v) is 11.7. The Balaban J connectivity index is 1.45. The lowest BCUT2D eigenvalue weighted by Gasteiger charge is -2.12. The summed E-state index contributed by atoms with van der Waals surface area (Å²) < 4.78 is 1.05. The molecule has 0 unspecified atom stereocenters. The van der Waals surface area contributed by atoms with E-state index >= 15 is 0 Å². The summed E-state index contributed by atoms with van der Waals surface area (Å²) in [5.74, 6) is -0.367. The third kappa shape index (κ3) is 5.19. The average Bonchev–Trinajstić information content (AvgIpc) is 3.29. The van der Waals surface area contributed by atoms with E-state index in [2.05, 4.69) is 0 Å². The van der Waals surface area contributed by atoms with Crippen LogP contribution in [-0.4, -0.2) is 21.0 Å². The minimum Gasteiger partial charge on any atom is -0.268 e. The molecule has 3 aromatic rings. The molecular weight excluding hydrogens is 476 g/mol. The summed E-state index contributed by atoms with van der Waals surface area (Å²) in [6.07, 6.45) is 1.72. The van der Waals surface area contributed by atoms with Gasteiger partial charge < -0.3 is 0 Å². The van der Waals surface area contributed by atoms with E-state index in [1.54, 1.807) is 30.0 Å². The highest BCUT2D eigenvalue weighted by molar-refractivity contribution is 8.18. The number of hydrogen-bond donors (Lipinski definition) is 0. The summed E-state index contributed by atoms with van der Waals surface area (Å²) in [4.78, 5) is 38.8. The molecule has 1 aliphatic rings. The first-order valence-electron chi connectivity index (χ1n) is 8.91. The number of rotatable bonds is 6. The van der Waals surface area contributed by atoms with E-state index < -0.39 is 4.92 Å². The van der Waals surface area contributed by atoms with Crippen LogP contribution in [0.2, 0.25) is 5.02 Å². The van der Waals surface area contributed by atoms with Crippen molar-refractivity contribution >= 4 is 69.4 Å². The van der Waals surface area contributed by atoms with Gasteiger partial charge in [0, 0.05) is 26.9 Å². The van der Waals surface area contributed by atoms with Crippen molar-refractivity contribution in [3.8, 4) is 0 Å². The Hall–Kier alpha value is -2.59. The standard InChI is InChI=1S/C21H13ClN2O4S3/c22-14-3-7-16(8-4-14)29-19-10-9-17(30-19)11-18-20(25)23(21(26)31-18)12-13-1-5-15(6-2-13)24(27)28/h1-11H,12H2/b18-11-. The molecule has 1 saturated heterocycles. The Morgan fingerprint density at radius 3 is 2.42 bits per heavy atom. The van der Waals surface area contributed by atoms with Gasteiger partial charge in [0.1, 0.15) is 0 Å². The van der Waals surface area contributed by atoms with E-state index in [9.17, 15) is 19.7 Å². The number of halogens is 1. The molecule has 0 saturated carbocycles. The Morgan fingerprint density at radius 1 is 1.03 bits per heavy atom. The second-order valence-electron chi connectivity index (χ2n) is 6.40. The van der Waals surface area contributed by atoms with Crippen molar-refractivity contribution in [3.05, 3.63) is 91.1 Å². The third-order valence-electron chi connectivity index (χ3n) is 4.27. The zero-order chi connectivity index (χ0) is 22.0. The number of carbonyl (C=O) groups is 2. The van der Waals surface area contributed by atoms with Crippen molar-refractivity contribution in [3.63, 3.8) is 0 Å². The first-order chi connectivity index (χ1) is 14.9. The molecule has 31 heavy (non-hydrogen) atoms. The summed E-state index contributed by atoms with van der Waals surface area (Å²) in [7, 11) is 0. The molecule has 1 aromatic heterocycles. The zero-order valence-electron chi connectivity index (χ0n) is 15.7. The predicted molar refractivity (Wildman–Crippen MR) is 125 cm³/mol. The van der Waals surface area contributed by atoms with Crippen LogP contribution in [0.4, 0.5) is 10.5 Å². The monoisotopic (exact) mass is 488 g/mol. The van der Waals surface area contributed by atoms with Gasteiger partial charge in [0.25, 0.3) is 16.8 Å². The molecule has 1 fully saturated rings. The van der Waals surface area contributed by atoms with Gasteiger partial charge in [-0.05, 0) is 59.8 Å². The lowest BCUT2D eigenvalue weighted by molar-refractivity contribution is -0.384. The zero-order valence-corrected chi connectivity index (χ0v) is 18.9. The second-order valence-corrected chi connectivity index (χ2v) is 10.3. The van der Waals surface area contributed by atoms with Gasteiger partial charge in [-0.2, -0.15) is 0 Å². The van der Waals surface area contributed by atoms with E-state index in [4.69, 9.17) is 11.6 Å². The fraction of sp³-hybridized carbons (Fsp3) is 0.0476. The molecule has 2 heterocycles. The van der Waals surface area contributed by atoms with Crippen LogP contribution in [0.15, 0.2) is 74.7 Å². The summed E-state index contributed by atoms with van der Waals surface area (Å²) >= 11 is 9.93. The Morgan fingerprint density at radius 2 is 1.74 bits per heavy atom. The van der Waals surface area contributed by atoms with Crippen LogP contribution >= 0.6 is 46.5 Å². The molecular formula is C21H13ClN2O4S3. The molecule has 0 aliphatic carbocycles. The number of nitrogens with zero attached hydrogens (tertiary/aromatic N) is 2. The van der Waals surface area contributed by atoms with Gasteiger partial charge in [-0.1, -0.05) is 35.5 Å². The number of benzene rings is 2. The highest BCUT2D eigenvalue weighted by atomic mass is 35.5. The minimum atomic E-state index is -0.493. The number of hydrogen-bond acceptors (Lipinski definition) is 7. The molecule has 6 nitrogen and oxygen atoms in total. The molecule has 0 atom stereocenters. The molecule has 1 aliphatic heterocycles. The Labute approximate surface area is 195 Å². The number of amides is 2. The van der Waals surface area contributed by atoms with Gasteiger partial charge in [-0.15, -0.1) is 11.3 Å². The fourth-order valence-corrected chi connectivity index (χ4v) is 5.85. The lowest BCUT2D eigenvalue weighted by atomic mass is 10.2. The van der Waals surface area contributed by atoms with Crippen LogP contribution < -0.4 is 0 Å².